The summed E-state index contributed by atoms with van der Waals surface area (Å²) in [6, 6.07) is 11.6. The Morgan fingerprint density at radius 3 is 2.60 bits per heavy atom. The zero-order chi connectivity index (χ0) is 14.8. The zero-order valence-electron chi connectivity index (χ0n) is 10.7. The molecule has 0 spiro atoms. The topological polar surface area (TPSA) is 85.1 Å². The summed E-state index contributed by atoms with van der Waals surface area (Å²) < 4.78 is 22.7. The zero-order valence-corrected chi connectivity index (χ0v) is 12.3. The summed E-state index contributed by atoms with van der Waals surface area (Å²) in [7, 11) is -3.70. The summed E-state index contributed by atoms with van der Waals surface area (Å²) in [6.45, 7) is 1.89. The molecule has 1 unspecified atom stereocenters. The van der Waals surface area contributed by atoms with Crippen LogP contribution in [0.15, 0.2) is 47.4 Å². The fourth-order valence-corrected chi connectivity index (χ4v) is 2.49. The molecule has 0 saturated heterocycles. The molecule has 0 fully saturated rings. The van der Waals surface area contributed by atoms with Crippen LogP contribution in [0.5, 0.6) is 0 Å². The number of rotatable bonds is 4. The lowest BCUT2D eigenvalue weighted by molar-refractivity contribution is 0.597. The van der Waals surface area contributed by atoms with Crippen molar-refractivity contribution in [1.82, 2.24) is 4.98 Å². The monoisotopic (exact) mass is 311 g/mol. The predicted molar refractivity (Wildman–Crippen MR) is 79.1 cm³/mol. The van der Waals surface area contributed by atoms with Crippen LogP contribution in [0.1, 0.15) is 18.5 Å². The normalized spacial score (nSPS) is 12.9. The molecule has 1 heterocycles. The van der Waals surface area contributed by atoms with Gasteiger partial charge in [-0.05, 0) is 36.8 Å². The SMILES string of the molecule is CC(Nc1cccc(Cl)n1)c1cccc(S(N)(=O)=O)c1. The van der Waals surface area contributed by atoms with E-state index in [9.17, 15) is 8.42 Å². The molecule has 0 aliphatic heterocycles. The highest BCUT2D eigenvalue weighted by atomic mass is 35.5. The third-order valence-corrected chi connectivity index (χ3v) is 3.89. The number of nitrogens with zero attached hydrogens (tertiary/aromatic N) is 1. The van der Waals surface area contributed by atoms with E-state index in [0.717, 1.165) is 5.56 Å². The highest BCUT2D eigenvalue weighted by molar-refractivity contribution is 7.89. The number of aromatic nitrogens is 1. The van der Waals surface area contributed by atoms with Gasteiger partial charge in [-0.25, -0.2) is 18.5 Å². The molecule has 0 aliphatic rings. The van der Waals surface area contributed by atoms with Crippen molar-refractivity contribution in [1.29, 1.82) is 0 Å². The van der Waals surface area contributed by atoms with Gasteiger partial charge in [0, 0.05) is 6.04 Å². The first-order valence-corrected chi connectivity index (χ1v) is 7.80. The maximum atomic E-state index is 11.3. The maximum Gasteiger partial charge on any atom is 0.238 e. The third kappa shape index (κ3) is 3.69. The number of hydrogen-bond acceptors (Lipinski definition) is 4. The van der Waals surface area contributed by atoms with Gasteiger partial charge in [0.05, 0.1) is 4.90 Å². The van der Waals surface area contributed by atoms with Crippen LogP contribution in [0, 0.1) is 0 Å². The number of nitrogens with one attached hydrogen (secondary N) is 1. The largest absolute Gasteiger partial charge is 0.364 e. The van der Waals surface area contributed by atoms with Crippen LogP contribution < -0.4 is 10.5 Å². The van der Waals surface area contributed by atoms with Crippen molar-refractivity contribution in [2.45, 2.75) is 17.9 Å². The quantitative estimate of drug-likeness (QED) is 0.850. The van der Waals surface area contributed by atoms with Gasteiger partial charge in [-0.1, -0.05) is 29.8 Å². The number of hydrogen-bond donors (Lipinski definition) is 2. The minimum Gasteiger partial charge on any atom is -0.364 e. The van der Waals surface area contributed by atoms with E-state index in [2.05, 4.69) is 10.3 Å². The average molecular weight is 312 g/mol. The van der Waals surface area contributed by atoms with Gasteiger partial charge in [-0.3, -0.25) is 0 Å². The molecule has 0 saturated carbocycles. The molecular weight excluding hydrogens is 298 g/mol. The van der Waals surface area contributed by atoms with Gasteiger partial charge < -0.3 is 5.32 Å². The van der Waals surface area contributed by atoms with E-state index < -0.39 is 10.0 Å². The summed E-state index contributed by atoms with van der Waals surface area (Å²) in [5.41, 5.74) is 0.790. The molecular formula is C13H14ClN3O2S. The number of benzene rings is 1. The van der Waals surface area contributed by atoms with Crippen molar-refractivity contribution in [3.63, 3.8) is 0 Å². The molecule has 2 aromatic rings. The Morgan fingerprint density at radius 2 is 1.95 bits per heavy atom. The van der Waals surface area contributed by atoms with Crippen molar-refractivity contribution in [2.75, 3.05) is 5.32 Å². The second-order valence-electron chi connectivity index (χ2n) is 4.33. The molecule has 1 aromatic carbocycles. The number of sulfonamides is 1. The first-order valence-electron chi connectivity index (χ1n) is 5.88. The van der Waals surface area contributed by atoms with Gasteiger partial charge in [0.25, 0.3) is 0 Å². The van der Waals surface area contributed by atoms with Gasteiger partial charge in [-0.15, -0.1) is 0 Å². The van der Waals surface area contributed by atoms with Crippen LogP contribution in [-0.4, -0.2) is 13.4 Å². The number of primary sulfonamides is 1. The standard InChI is InChI=1S/C13H14ClN3O2S/c1-9(16-13-7-3-6-12(14)17-13)10-4-2-5-11(8-10)20(15,18)19/h2-9H,1H3,(H,16,17)(H2,15,18,19). The number of nitrogens with two attached hydrogens (primary N) is 1. The van der Waals surface area contributed by atoms with E-state index in [1.807, 2.05) is 13.0 Å². The van der Waals surface area contributed by atoms with E-state index in [0.29, 0.717) is 11.0 Å². The first-order chi connectivity index (χ1) is 9.36. The molecule has 0 aliphatic carbocycles. The van der Waals surface area contributed by atoms with Crippen LogP contribution in [-0.2, 0) is 10.0 Å². The van der Waals surface area contributed by atoms with E-state index in [-0.39, 0.29) is 10.9 Å². The Hall–Kier alpha value is -1.63. The van der Waals surface area contributed by atoms with Gasteiger partial charge in [-0.2, -0.15) is 0 Å². The molecule has 3 N–H and O–H groups in total. The molecule has 106 valence electrons. The third-order valence-electron chi connectivity index (χ3n) is 2.77. The molecule has 0 radical (unpaired) electrons. The number of pyridine rings is 1. The minimum absolute atomic E-state index is 0.0858. The van der Waals surface area contributed by atoms with Crippen molar-refractivity contribution in [3.8, 4) is 0 Å². The average Bonchev–Trinajstić information content (AvgIpc) is 2.38. The number of halogens is 1. The summed E-state index contributed by atoms with van der Waals surface area (Å²) >= 11 is 5.81. The Bertz CT molecular complexity index is 719. The molecule has 1 atom stereocenters. The second kappa shape index (κ2) is 5.78. The Labute approximate surface area is 122 Å². The van der Waals surface area contributed by atoms with Crippen LogP contribution in [0.25, 0.3) is 0 Å². The molecule has 1 aromatic heterocycles. The smallest absolute Gasteiger partial charge is 0.238 e. The van der Waals surface area contributed by atoms with Crippen molar-refractivity contribution in [2.24, 2.45) is 5.14 Å². The van der Waals surface area contributed by atoms with E-state index in [1.165, 1.54) is 12.1 Å². The lowest BCUT2D eigenvalue weighted by Gasteiger charge is -2.15. The fraction of sp³-hybridized carbons (Fsp3) is 0.154. The van der Waals surface area contributed by atoms with Crippen LogP contribution >= 0.6 is 11.6 Å². The maximum absolute atomic E-state index is 11.3. The summed E-state index contributed by atoms with van der Waals surface area (Å²) in [5, 5.41) is 8.66. The molecule has 0 amide bonds. The predicted octanol–water partition coefficient (Wildman–Crippen LogP) is 2.56. The Balaban J connectivity index is 2.23. The lowest BCUT2D eigenvalue weighted by atomic mass is 10.1. The highest BCUT2D eigenvalue weighted by Gasteiger charge is 2.12. The summed E-state index contributed by atoms with van der Waals surface area (Å²) in [4.78, 5) is 4.21. The highest BCUT2D eigenvalue weighted by Crippen LogP contribution is 2.21. The van der Waals surface area contributed by atoms with E-state index in [4.69, 9.17) is 16.7 Å². The first kappa shape index (κ1) is 14.8. The van der Waals surface area contributed by atoms with Crippen molar-refractivity contribution < 1.29 is 8.42 Å². The van der Waals surface area contributed by atoms with E-state index in [1.54, 1.807) is 24.3 Å². The van der Waals surface area contributed by atoms with Gasteiger partial charge in [0.1, 0.15) is 11.0 Å². The molecule has 0 bridgehead atoms. The number of anilines is 1. The lowest BCUT2D eigenvalue weighted by Crippen LogP contribution is -2.14. The Morgan fingerprint density at radius 1 is 1.25 bits per heavy atom. The van der Waals surface area contributed by atoms with E-state index >= 15 is 0 Å². The summed E-state index contributed by atoms with van der Waals surface area (Å²) in [5.74, 6) is 0.617. The summed E-state index contributed by atoms with van der Waals surface area (Å²) in [6.07, 6.45) is 0. The van der Waals surface area contributed by atoms with Gasteiger partial charge >= 0.3 is 0 Å². The van der Waals surface area contributed by atoms with Crippen LogP contribution in [0.4, 0.5) is 5.82 Å². The van der Waals surface area contributed by atoms with Crippen molar-refractivity contribution >= 4 is 27.4 Å². The minimum atomic E-state index is -3.70. The molecule has 2 rings (SSSR count). The fourth-order valence-electron chi connectivity index (χ4n) is 1.75. The molecule has 5 nitrogen and oxygen atoms in total. The van der Waals surface area contributed by atoms with Crippen LogP contribution in [0.3, 0.4) is 0 Å². The second-order valence-corrected chi connectivity index (χ2v) is 6.28. The Kier molecular flexibility index (Phi) is 4.27. The van der Waals surface area contributed by atoms with Crippen molar-refractivity contribution in [3.05, 3.63) is 53.2 Å². The van der Waals surface area contributed by atoms with Crippen LogP contribution in [0.2, 0.25) is 5.15 Å². The van der Waals surface area contributed by atoms with Gasteiger partial charge in [0.2, 0.25) is 10.0 Å². The van der Waals surface area contributed by atoms with Gasteiger partial charge in [0.15, 0.2) is 0 Å². The molecule has 20 heavy (non-hydrogen) atoms. The molecule has 7 heteroatoms.